The van der Waals surface area contributed by atoms with E-state index in [0.29, 0.717) is 13.2 Å². The van der Waals surface area contributed by atoms with Gasteiger partial charge in [-0.3, -0.25) is 0 Å². The van der Waals surface area contributed by atoms with Gasteiger partial charge >= 0.3 is 8.25 Å². The first kappa shape index (κ1) is 11.5. The molecule has 0 saturated carbocycles. The van der Waals surface area contributed by atoms with Crippen molar-refractivity contribution in [2.75, 3.05) is 13.2 Å². The van der Waals surface area contributed by atoms with Gasteiger partial charge in [0.15, 0.2) is 0 Å². The van der Waals surface area contributed by atoms with Crippen LogP contribution in [0.4, 0.5) is 0 Å². The molecule has 0 unspecified atom stereocenters. The fourth-order valence-corrected chi connectivity index (χ4v) is 0.928. The van der Waals surface area contributed by atoms with Crippen molar-refractivity contribution >= 4 is 8.25 Å². The maximum absolute atomic E-state index is 10.8. The zero-order valence-electron chi connectivity index (χ0n) is 7.40. The van der Waals surface area contributed by atoms with Crippen LogP contribution in [0.5, 0.6) is 0 Å². The zero-order valence-corrected chi connectivity index (χ0v) is 8.29. The van der Waals surface area contributed by atoms with Crippen molar-refractivity contribution in [1.29, 1.82) is 0 Å². The lowest BCUT2D eigenvalue weighted by atomic mass is 10.6. The first-order valence-electron chi connectivity index (χ1n) is 3.76. The van der Waals surface area contributed by atoms with Crippen LogP contribution in [0.1, 0.15) is 13.8 Å². The predicted octanol–water partition coefficient (Wildman–Crippen LogP) is 2.83. The molecule has 0 aromatic carbocycles. The van der Waals surface area contributed by atoms with Gasteiger partial charge in [-0.25, -0.2) is 0 Å². The first-order chi connectivity index (χ1) is 5.81. The summed E-state index contributed by atoms with van der Waals surface area (Å²) >= 11 is 0. The fourth-order valence-electron chi connectivity index (χ4n) is 0.438. The third kappa shape index (κ3) is 7.61. The molecule has 0 aromatic rings. The predicted molar refractivity (Wildman–Crippen MR) is 49.1 cm³/mol. The summed E-state index contributed by atoms with van der Waals surface area (Å²) in [5, 5.41) is 0. The zero-order chi connectivity index (χ0) is 9.23. The summed E-state index contributed by atoms with van der Waals surface area (Å²) in [6.45, 7) is 4.41. The van der Waals surface area contributed by atoms with Gasteiger partial charge in [0.25, 0.3) is 0 Å². The van der Waals surface area contributed by atoms with Gasteiger partial charge < -0.3 is 0 Å². The number of rotatable bonds is 6. The normalized spacial score (nSPS) is 13.0. The molecule has 68 valence electrons. The molecule has 4 heteroatoms. The Morgan fingerprint density at radius 3 is 1.83 bits per heavy atom. The molecular weight excluding hydrogens is 175 g/mol. The average Bonchev–Trinajstić information content (AvgIpc) is 2.06. The van der Waals surface area contributed by atoms with Crippen LogP contribution in [0.3, 0.4) is 0 Å². The maximum atomic E-state index is 10.8. The molecule has 0 aliphatic heterocycles. The summed E-state index contributed by atoms with van der Waals surface area (Å²) in [4.78, 5) is 0. The molecule has 0 rings (SSSR count). The molecule has 0 spiro atoms. The van der Waals surface area contributed by atoms with Gasteiger partial charge in [-0.1, -0.05) is 24.3 Å². The molecule has 3 nitrogen and oxygen atoms in total. The van der Waals surface area contributed by atoms with E-state index in [0.717, 1.165) is 0 Å². The molecule has 0 aliphatic carbocycles. The second-order valence-corrected chi connectivity index (χ2v) is 2.92. The quantitative estimate of drug-likeness (QED) is 0.476. The summed E-state index contributed by atoms with van der Waals surface area (Å²) < 4.78 is 20.4. The van der Waals surface area contributed by atoms with Crippen LogP contribution in [-0.4, -0.2) is 13.2 Å². The molecule has 12 heavy (non-hydrogen) atoms. The molecule has 0 heterocycles. The van der Waals surface area contributed by atoms with Crippen molar-refractivity contribution < 1.29 is 13.6 Å². The van der Waals surface area contributed by atoms with Crippen LogP contribution in [-0.2, 0) is 13.6 Å². The van der Waals surface area contributed by atoms with Gasteiger partial charge in [0.05, 0.1) is 0 Å². The topological polar surface area (TPSA) is 35.5 Å². The Morgan fingerprint density at radius 2 is 1.50 bits per heavy atom. The fraction of sp³-hybridized carbons (Fsp3) is 0.500. The van der Waals surface area contributed by atoms with Crippen molar-refractivity contribution in [3.63, 3.8) is 0 Å². The molecular formula is C8H14O3P+. The molecule has 0 saturated heterocycles. The number of hydrogen-bond donors (Lipinski definition) is 0. The maximum Gasteiger partial charge on any atom is 0.698 e. The molecule has 0 atom stereocenters. The van der Waals surface area contributed by atoms with Crippen molar-refractivity contribution in [3.8, 4) is 0 Å². The lowest BCUT2D eigenvalue weighted by Gasteiger charge is -1.83. The van der Waals surface area contributed by atoms with Gasteiger partial charge in [-0.15, -0.1) is 9.05 Å². The van der Waals surface area contributed by atoms with Crippen LogP contribution < -0.4 is 0 Å². The third-order valence-corrected chi connectivity index (χ3v) is 1.74. The second kappa shape index (κ2) is 8.60. The van der Waals surface area contributed by atoms with E-state index >= 15 is 0 Å². The van der Waals surface area contributed by atoms with Gasteiger partial charge in [0.2, 0.25) is 0 Å². The Kier molecular flexibility index (Phi) is 8.24. The van der Waals surface area contributed by atoms with Crippen LogP contribution in [0, 0.1) is 0 Å². The standard InChI is InChI=1S/C8H14O3P/c1-3-5-7-10-12(9)11-8-6-4-2/h3-6H,7-8H2,1-2H3/q+1. The van der Waals surface area contributed by atoms with E-state index in [1.54, 1.807) is 12.2 Å². The van der Waals surface area contributed by atoms with Crippen LogP contribution in [0.2, 0.25) is 0 Å². The van der Waals surface area contributed by atoms with Crippen molar-refractivity contribution in [2.24, 2.45) is 0 Å². The van der Waals surface area contributed by atoms with E-state index in [9.17, 15) is 4.57 Å². The first-order valence-corrected chi connectivity index (χ1v) is 4.86. The summed E-state index contributed by atoms with van der Waals surface area (Å²) in [5.74, 6) is 0. The van der Waals surface area contributed by atoms with Gasteiger partial charge in [0, 0.05) is 4.57 Å². The van der Waals surface area contributed by atoms with E-state index < -0.39 is 8.25 Å². The van der Waals surface area contributed by atoms with Crippen molar-refractivity contribution in [2.45, 2.75) is 13.8 Å². The molecule has 0 aliphatic rings. The van der Waals surface area contributed by atoms with Gasteiger partial charge in [-0.2, -0.15) is 0 Å². The largest absolute Gasteiger partial charge is 0.698 e. The Bertz CT molecular complexity index is 157. The van der Waals surface area contributed by atoms with E-state index in [-0.39, 0.29) is 0 Å². The third-order valence-electron chi connectivity index (χ3n) is 1.02. The second-order valence-electron chi connectivity index (χ2n) is 1.95. The molecule has 0 fully saturated rings. The van der Waals surface area contributed by atoms with Crippen LogP contribution in [0.25, 0.3) is 0 Å². The Balaban J connectivity index is 3.33. The lowest BCUT2D eigenvalue weighted by Crippen LogP contribution is -1.85. The monoisotopic (exact) mass is 189 g/mol. The van der Waals surface area contributed by atoms with Crippen LogP contribution in [0.15, 0.2) is 24.3 Å². The molecule has 0 radical (unpaired) electrons. The average molecular weight is 189 g/mol. The minimum Gasteiger partial charge on any atom is -0.115 e. The van der Waals surface area contributed by atoms with Gasteiger partial charge in [0.1, 0.15) is 13.2 Å². The lowest BCUT2D eigenvalue weighted by molar-refractivity contribution is 0.261. The minimum absolute atomic E-state index is 0.335. The molecule has 0 N–H and O–H groups in total. The van der Waals surface area contributed by atoms with E-state index in [1.165, 1.54) is 0 Å². The summed E-state index contributed by atoms with van der Waals surface area (Å²) in [6.07, 6.45) is 7.20. The minimum atomic E-state index is -1.96. The summed E-state index contributed by atoms with van der Waals surface area (Å²) in [6, 6.07) is 0. The number of hydrogen-bond acceptors (Lipinski definition) is 3. The Morgan fingerprint density at radius 1 is 1.08 bits per heavy atom. The van der Waals surface area contributed by atoms with E-state index in [2.05, 4.69) is 0 Å². The molecule has 0 aromatic heterocycles. The van der Waals surface area contributed by atoms with Crippen LogP contribution >= 0.6 is 8.25 Å². The van der Waals surface area contributed by atoms with Gasteiger partial charge in [-0.05, 0) is 13.8 Å². The number of allylic oxidation sites excluding steroid dienone is 2. The molecule has 0 bridgehead atoms. The smallest absolute Gasteiger partial charge is 0.115 e. The Labute approximate surface area is 74.0 Å². The van der Waals surface area contributed by atoms with Crippen molar-refractivity contribution in [3.05, 3.63) is 24.3 Å². The highest BCUT2D eigenvalue weighted by Crippen LogP contribution is 2.22. The van der Waals surface area contributed by atoms with E-state index in [4.69, 9.17) is 9.05 Å². The SMILES string of the molecule is CC=CCO[P+](=O)OCC=CC. The highest BCUT2D eigenvalue weighted by molar-refractivity contribution is 7.33. The van der Waals surface area contributed by atoms with E-state index in [1.807, 2.05) is 26.0 Å². The Hall–Kier alpha value is -0.500. The highest BCUT2D eigenvalue weighted by atomic mass is 31.1. The summed E-state index contributed by atoms with van der Waals surface area (Å²) in [5.41, 5.74) is 0. The summed E-state index contributed by atoms with van der Waals surface area (Å²) in [7, 11) is -1.96. The van der Waals surface area contributed by atoms with Crippen molar-refractivity contribution in [1.82, 2.24) is 0 Å². The molecule has 0 amide bonds. The highest BCUT2D eigenvalue weighted by Gasteiger charge is 2.17.